The average molecular weight is 395 g/mol. The second-order valence-corrected chi connectivity index (χ2v) is 8.71. The van der Waals surface area contributed by atoms with E-state index >= 15 is 0 Å². The molecule has 28 heavy (non-hydrogen) atoms. The van der Waals surface area contributed by atoms with Gasteiger partial charge in [0.15, 0.2) is 0 Å². The standard InChI is InChI=1S/C22H26N4OS/c1-14-7-9-18-19(11-14)26-22(25-18)16-8-10-21(23-12-16)28-13-20(27)24-17-6-4-3-5-15(17)2/h7-12,15,17H,3-6,13H2,1-2H3,(H,24,27)(H,25,26). The monoisotopic (exact) mass is 394 g/mol. The van der Waals surface area contributed by atoms with Crippen LogP contribution in [0, 0.1) is 12.8 Å². The maximum absolute atomic E-state index is 12.3. The molecule has 1 saturated carbocycles. The molecule has 0 bridgehead atoms. The molecule has 3 aromatic rings. The topological polar surface area (TPSA) is 70.7 Å². The minimum Gasteiger partial charge on any atom is -0.352 e. The number of benzene rings is 1. The lowest BCUT2D eigenvalue weighted by Gasteiger charge is -2.29. The molecule has 0 radical (unpaired) electrons. The number of fused-ring (bicyclic) bond motifs is 1. The summed E-state index contributed by atoms with van der Waals surface area (Å²) in [5.41, 5.74) is 4.13. The molecule has 0 aliphatic heterocycles. The highest BCUT2D eigenvalue weighted by molar-refractivity contribution is 7.99. The number of nitrogens with zero attached hydrogens (tertiary/aromatic N) is 2. The molecule has 1 aromatic carbocycles. The molecular weight excluding hydrogens is 368 g/mol. The fourth-order valence-corrected chi connectivity index (χ4v) is 4.44. The number of hydrogen-bond acceptors (Lipinski definition) is 4. The molecule has 0 spiro atoms. The van der Waals surface area contributed by atoms with Crippen molar-refractivity contribution in [3.8, 4) is 11.4 Å². The van der Waals surface area contributed by atoms with Crippen molar-refractivity contribution < 1.29 is 4.79 Å². The summed E-state index contributed by atoms with van der Waals surface area (Å²) in [6, 6.07) is 10.5. The molecule has 2 unspecified atom stereocenters. The predicted octanol–water partition coefficient (Wildman–Crippen LogP) is 4.72. The SMILES string of the molecule is Cc1ccc2nc(-c3ccc(SCC(=O)NC4CCCCC4C)nc3)[nH]c2c1. The van der Waals surface area contributed by atoms with Crippen LogP contribution in [0.1, 0.15) is 38.2 Å². The van der Waals surface area contributed by atoms with E-state index in [4.69, 9.17) is 0 Å². The number of carbonyl (C=O) groups is 1. The minimum atomic E-state index is 0.0993. The summed E-state index contributed by atoms with van der Waals surface area (Å²) >= 11 is 1.48. The van der Waals surface area contributed by atoms with E-state index < -0.39 is 0 Å². The molecule has 2 aromatic heterocycles. The van der Waals surface area contributed by atoms with Gasteiger partial charge in [0.2, 0.25) is 5.91 Å². The molecule has 1 fully saturated rings. The summed E-state index contributed by atoms with van der Waals surface area (Å²) in [5.74, 6) is 1.89. The molecule has 2 N–H and O–H groups in total. The molecule has 2 heterocycles. The van der Waals surface area contributed by atoms with Crippen LogP contribution in [-0.2, 0) is 4.79 Å². The van der Waals surface area contributed by atoms with Gasteiger partial charge in [-0.15, -0.1) is 0 Å². The Balaban J connectivity index is 1.35. The highest BCUT2D eigenvalue weighted by Gasteiger charge is 2.22. The van der Waals surface area contributed by atoms with Gasteiger partial charge >= 0.3 is 0 Å². The zero-order chi connectivity index (χ0) is 19.5. The van der Waals surface area contributed by atoms with Crippen molar-refractivity contribution in [3.05, 3.63) is 42.1 Å². The Labute approximate surface area is 169 Å². The fraction of sp³-hybridized carbons (Fsp3) is 0.409. The number of rotatable bonds is 5. The van der Waals surface area contributed by atoms with E-state index in [-0.39, 0.29) is 5.91 Å². The molecule has 146 valence electrons. The van der Waals surface area contributed by atoms with Crippen LogP contribution >= 0.6 is 11.8 Å². The fourth-order valence-electron chi connectivity index (χ4n) is 3.78. The van der Waals surface area contributed by atoms with E-state index in [1.807, 2.05) is 24.4 Å². The van der Waals surface area contributed by atoms with Crippen molar-refractivity contribution in [1.82, 2.24) is 20.3 Å². The summed E-state index contributed by atoms with van der Waals surface area (Å²) in [4.78, 5) is 24.8. The summed E-state index contributed by atoms with van der Waals surface area (Å²) < 4.78 is 0. The Morgan fingerprint density at radius 2 is 2.11 bits per heavy atom. The van der Waals surface area contributed by atoms with Crippen LogP contribution in [0.3, 0.4) is 0 Å². The molecule has 2 atom stereocenters. The summed E-state index contributed by atoms with van der Waals surface area (Å²) in [7, 11) is 0. The Morgan fingerprint density at radius 3 is 2.89 bits per heavy atom. The Kier molecular flexibility index (Phi) is 5.67. The number of aromatic nitrogens is 3. The van der Waals surface area contributed by atoms with Gasteiger partial charge in [0, 0.05) is 17.8 Å². The number of nitrogens with one attached hydrogen (secondary N) is 2. The number of hydrogen-bond donors (Lipinski definition) is 2. The van der Waals surface area contributed by atoms with Crippen molar-refractivity contribution in [2.45, 2.75) is 50.6 Å². The van der Waals surface area contributed by atoms with Gasteiger partial charge in [0.1, 0.15) is 5.82 Å². The maximum atomic E-state index is 12.3. The van der Waals surface area contributed by atoms with E-state index in [2.05, 4.69) is 46.2 Å². The number of H-pyrrole nitrogens is 1. The van der Waals surface area contributed by atoms with Gasteiger partial charge in [-0.2, -0.15) is 0 Å². The van der Waals surface area contributed by atoms with Crippen molar-refractivity contribution >= 4 is 28.7 Å². The molecule has 1 aliphatic rings. The first-order valence-electron chi connectivity index (χ1n) is 9.93. The number of aryl methyl sites for hydroxylation is 1. The normalized spacial score (nSPS) is 19.6. The Morgan fingerprint density at radius 1 is 1.25 bits per heavy atom. The number of pyridine rings is 1. The second-order valence-electron chi connectivity index (χ2n) is 7.72. The number of amides is 1. The van der Waals surface area contributed by atoms with Crippen molar-refractivity contribution in [2.24, 2.45) is 5.92 Å². The van der Waals surface area contributed by atoms with Gasteiger partial charge in [0.05, 0.1) is 21.8 Å². The van der Waals surface area contributed by atoms with E-state index in [0.29, 0.717) is 17.7 Å². The van der Waals surface area contributed by atoms with Gasteiger partial charge in [-0.05, 0) is 55.5 Å². The van der Waals surface area contributed by atoms with Crippen molar-refractivity contribution in [2.75, 3.05) is 5.75 Å². The predicted molar refractivity (Wildman–Crippen MR) is 114 cm³/mol. The number of carbonyl (C=O) groups excluding carboxylic acids is 1. The zero-order valence-corrected chi connectivity index (χ0v) is 17.2. The molecule has 6 heteroatoms. The minimum absolute atomic E-state index is 0.0993. The van der Waals surface area contributed by atoms with Crippen LogP contribution < -0.4 is 5.32 Å². The third-order valence-corrected chi connectivity index (χ3v) is 6.40. The maximum Gasteiger partial charge on any atom is 0.230 e. The first-order valence-corrected chi connectivity index (χ1v) is 10.9. The number of imidazole rings is 1. The third-order valence-electron chi connectivity index (χ3n) is 5.46. The first-order chi connectivity index (χ1) is 13.6. The van der Waals surface area contributed by atoms with E-state index in [0.717, 1.165) is 33.9 Å². The van der Waals surface area contributed by atoms with Crippen molar-refractivity contribution in [3.63, 3.8) is 0 Å². The lowest BCUT2D eigenvalue weighted by molar-refractivity contribution is -0.119. The van der Waals surface area contributed by atoms with Crippen molar-refractivity contribution in [1.29, 1.82) is 0 Å². The van der Waals surface area contributed by atoms with Crippen LogP contribution in [-0.4, -0.2) is 32.7 Å². The lowest BCUT2D eigenvalue weighted by atomic mass is 9.86. The largest absolute Gasteiger partial charge is 0.352 e. The van der Waals surface area contributed by atoms with Gasteiger partial charge in [-0.3, -0.25) is 4.79 Å². The van der Waals surface area contributed by atoms with Gasteiger partial charge in [0.25, 0.3) is 0 Å². The molecule has 1 aliphatic carbocycles. The number of thioether (sulfide) groups is 1. The van der Waals surface area contributed by atoms with Gasteiger partial charge < -0.3 is 10.3 Å². The van der Waals surface area contributed by atoms with Crippen LogP contribution in [0.4, 0.5) is 0 Å². The molecule has 1 amide bonds. The Bertz CT molecular complexity index is 966. The Hall–Kier alpha value is -2.34. The molecular formula is C22H26N4OS. The smallest absolute Gasteiger partial charge is 0.230 e. The average Bonchev–Trinajstić information content (AvgIpc) is 3.12. The number of aromatic amines is 1. The zero-order valence-electron chi connectivity index (χ0n) is 16.4. The molecule has 4 rings (SSSR count). The van der Waals surface area contributed by atoms with Crippen LogP contribution in [0.5, 0.6) is 0 Å². The van der Waals surface area contributed by atoms with Crippen LogP contribution in [0.15, 0.2) is 41.6 Å². The first kappa shape index (κ1) is 19.0. The highest BCUT2D eigenvalue weighted by atomic mass is 32.2. The lowest BCUT2D eigenvalue weighted by Crippen LogP contribution is -2.41. The van der Waals surface area contributed by atoms with Gasteiger partial charge in [-0.25, -0.2) is 9.97 Å². The third kappa shape index (κ3) is 4.38. The molecule has 5 nitrogen and oxygen atoms in total. The van der Waals surface area contributed by atoms with E-state index in [9.17, 15) is 4.79 Å². The van der Waals surface area contributed by atoms with E-state index in [1.54, 1.807) is 0 Å². The van der Waals surface area contributed by atoms with Crippen LogP contribution in [0.25, 0.3) is 22.4 Å². The molecule has 0 saturated heterocycles. The second kappa shape index (κ2) is 8.35. The highest BCUT2D eigenvalue weighted by Crippen LogP contribution is 2.25. The summed E-state index contributed by atoms with van der Waals surface area (Å²) in [6.45, 7) is 4.30. The quantitative estimate of drug-likeness (QED) is 0.614. The summed E-state index contributed by atoms with van der Waals surface area (Å²) in [5, 5.41) is 4.04. The summed E-state index contributed by atoms with van der Waals surface area (Å²) in [6.07, 6.45) is 6.62. The van der Waals surface area contributed by atoms with Crippen LogP contribution in [0.2, 0.25) is 0 Å². The van der Waals surface area contributed by atoms with Gasteiger partial charge in [-0.1, -0.05) is 37.6 Å². The van der Waals surface area contributed by atoms with E-state index in [1.165, 1.54) is 36.6 Å².